The number of nitrogens with zero attached hydrogens (tertiary/aromatic N) is 1. The number of aromatic hydroxyl groups is 1. The van der Waals surface area contributed by atoms with E-state index in [-0.39, 0.29) is 17.9 Å². The standard InChI is InChI=1S/C14H17NO5/c1-2-20-14(18)13(17)11-9-10(3-4-12(11)16)15-5-7-19-8-6-15/h3-4,9,16H,2,5-8H2,1H3. The predicted octanol–water partition coefficient (Wildman–Crippen LogP) is 0.975. The molecule has 1 heterocycles. The lowest BCUT2D eigenvalue weighted by atomic mass is 10.1. The maximum Gasteiger partial charge on any atom is 0.379 e. The molecule has 1 aliphatic rings. The van der Waals surface area contributed by atoms with Crippen LogP contribution >= 0.6 is 0 Å². The van der Waals surface area contributed by atoms with Gasteiger partial charge in [-0.25, -0.2) is 4.79 Å². The Morgan fingerprint density at radius 2 is 2.05 bits per heavy atom. The van der Waals surface area contributed by atoms with Crippen molar-refractivity contribution in [3.63, 3.8) is 0 Å². The summed E-state index contributed by atoms with van der Waals surface area (Å²) in [6.45, 7) is 4.38. The maximum absolute atomic E-state index is 11.9. The van der Waals surface area contributed by atoms with Crippen LogP contribution < -0.4 is 4.90 Å². The molecule has 1 aromatic carbocycles. The Bertz CT molecular complexity index is 508. The first-order valence-electron chi connectivity index (χ1n) is 6.50. The number of benzene rings is 1. The molecule has 2 rings (SSSR count). The topological polar surface area (TPSA) is 76.1 Å². The zero-order chi connectivity index (χ0) is 14.5. The number of phenolic OH excluding ortho intramolecular Hbond substituents is 1. The minimum Gasteiger partial charge on any atom is -0.507 e. The number of morpholine rings is 1. The van der Waals surface area contributed by atoms with Crippen LogP contribution in [0.25, 0.3) is 0 Å². The first kappa shape index (κ1) is 14.3. The van der Waals surface area contributed by atoms with Crippen LogP contribution in [0.15, 0.2) is 18.2 Å². The van der Waals surface area contributed by atoms with Crippen molar-refractivity contribution in [2.45, 2.75) is 6.92 Å². The number of rotatable bonds is 4. The Labute approximate surface area is 116 Å². The summed E-state index contributed by atoms with van der Waals surface area (Å²) >= 11 is 0. The third-order valence-electron chi connectivity index (χ3n) is 3.06. The van der Waals surface area contributed by atoms with E-state index in [0.717, 1.165) is 5.69 Å². The van der Waals surface area contributed by atoms with Gasteiger partial charge in [0.25, 0.3) is 5.78 Å². The van der Waals surface area contributed by atoms with Crippen LogP contribution in [0.4, 0.5) is 5.69 Å². The van der Waals surface area contributed by atoms with Crippen molar-refractivity contribution in [1.82, 2.24) is 0 Å². The molecule has 0 radical (unpaired) electrons. The molecular weight excluding hydrogens is 262 g/mol. The molecule has 1 fully saturated rings. The van der Waals surface area contributed by atoms with Gasteiger partial charge in [-0.05, 0) is 25.1 Å². The number of hydrogen-bond donors (Lipinski definition) is 1. The van der Waals surface area contributed by atoms with Crippen LogP contribution in [0.3, 0.4) is 0 Å². The van der Waals surface area contributed by atoms with E-state index < -0.39 is 11.8 Å². The largest absolute Gasteiger partial charge is 0.507 e. The number of Topliss-reactive ketones (excluding diaryl/α,β-unsaturated/α-hetero) is 1. The molecule has 1 saturated heterocycles. The molecule has 1 aliphatic heterocycles. The highest BCUT2D eigenvalue weighted by Crippen LogP contribution is 2.25. The van der Waals surface area contributed by atoms with Crippen LogP contribution in [-0.2, 0) is 14.3 Å². The van der Waals surface area contributed by atoms with Crippen molar-refractivity contribution in [2.24, 2.45) is 0 Å². The Hall–Kier alpha value is -2.08. The van der Waals surface area contributed by atoms with Crippen molar-refractivity contribution in [3.05, 3.63) is 23.8 Å². The highest BCUT2D eigenvalue weighted by atomic mass is 16.5. The molecule has 0 unspecified atom stereocenters. The van der Waals surface area contributed by atoms with E-state index in [2.05, 4.69) is 4.74 Å². The lowest BCUT2D eigenvalue weighted by molar-refractivity contribution is -0.137. The van der Waals surface area contributed by atoms with Gasteiger partial charge in [-0.2, -0.15) is 0 Å². The predicted molar refractivity (Wildman–Crippen MR) is 72.1 cm³/mol. The number of hydrogen-bond acceptors (Lipinski definition) is 6. The number of esters is 1. The summed E-state index contributed by atoms with van der Waals surface area (Å²) in [5, 5.41) is 9.75. The summed E-state index contributed by atoms with van der Waals surface area (Å²) in [7, 11) is 0. The number of anilines is 1. The third kappa shape index (κ3) is 3.08. The minimum atomic E-state index is -0.957. The molecule has 108 valence electrons. The molecule has 0 aromatic heterocycles. The average Bonchev–Trinajstić information content (AvgIpc) is 2.48. The first-order chi connectivity index (χ1) is 9.63. The molecule has 0 amide bonds. The Kier molecular flexibility index (Phi) is 4.57. The second-order valence-electron chi connectivity index (χ2n) is 4.35. The lowest BCUT2D eigenvalue weighted by Gasteiger charge is -2.29. The van der Waals surface area contributed by atoms with Crippen molar-refractivity contribution in [1.29, 1.82) is 0 Å². The van der Waals surface area contributed by atoms with E-state index in [1.807, 2.05) is 4.90 Å². The number of carbonyl (C=O) groups is 2. The summed E-state index contributed by atoms with van der Waals surface area (Å²) in [4.78, 5) is 25.4. The Morgan fingerprint density at radius 3 is 2.70 bits per heavy atom. The monoisotopic (exact) mass is 279 g/mol. The van der Waals surface area contributed by atoms with E-state index in [0.29, 0.717) is 26.3 Å². The lowest BCUT2D eigenvalue weighted by Crippen LogP contribution is -2.36. The quantitative estimate of drug-likeness (QED) is 0.503. The average molecular weight is 279 g/mol. The number of ketones is 1. The zero-order valence-electron chi connectivity index (χ0n) is 11.3. The van der Waals surface area contributed by atoms with E-state index in [1.54, 1.807) is 13.0 Å². The fourth-order valence-corrected chi connectivity index (χ4v) is 2.03. The van der Waals surface area contributed by atoms with Gasteiger partial charge in [-0.15, -0.1) is 0 Å². The second-order valence-corrected chi connectivity index (χ2v) is 4.35. The molecule has 1 aromatic rings. The highest BCUT2D eigenvalue weighted by Gasteiger charge is 2.22. The van der Waals surface area contributed by atoms with Crippen molar-refractivity contribution in [3.8, 4) is 5.75 Å². The van der Waals surface area contributed by atoms with E-state index >= 15 is 0 Å². The van der Waals surface area contributed by atoms with E-state index in [4.69, 9.17) is 4.74 Å². The number of carbonyl (C=O) groups excluding carboxylic acids is 2. The van der Waals surface area contributed by atoms with Crippen LogP contribution in [0.2, 0.25) is 0 Å². The summed E-state index contributed by atoms with van der Waals surface area (Å²) in [5.74, 6) is -2.01. The molecule has 0 bridgehead atoms. The third-order valence-corrected chi connectivity index (χ3v) is 3.06. The van der Waals surface area contributed by atoms with Gasteiger partial charge in [0.15, 0.2) is 0 Å². The van der Waals surface area contributed by atoms with E-state index in [1.165, 1.54) is 12.1 Å². The summed E-state index contributed by atoms with van der Waals surface area (Å²) in [6, 6.07) is 4.64. The number of ether oxygens (including phenoxy) is 2. The smallest absolute Gasteiger partial charge is 0.379 e. The van der Waals surface area contributed by atoms with Gasteiger partial charge in [0.2, 0.25) is 0 Å². The summed E-state index contributed by atoms with van der Waals surface area (Å²) in [6.07, 6.45) is 0. The van der Waals surface area contributed by atoms with Gasteiger partial charge in [0.05, 0.1) is 25.4 Å². The molecular formula is C14H17NO5. The molecule has 1 N–H and O–H groups in total. The normalized spacial score (nSPS) is 14.9. The Balaban J connectivity index is 2.24. The Morgan fingerprint density at radius 1 is 1.35 bits per heavy atom. The van der Waals surface area contributed by atoms with Gasteiger partial charge in [0.1, 0.15) is 5.75 Å². The second kappa shape index (κ2) is 6.38. The van der Waals surface area contributed by atoms with Gasteiger partial charge < -0.3 is 19.5 Å². The van der Waals surface area contributed by atoms with Crippen LogP contribution in [0.1, 0.15) is 17.3 Å². The molecule has 0 saturated carbocycles. The van der Waals surface area contributed by atoms with Gasteiger partial charge >= 0.3 is 5.97 Å². The van der Waals surface area contributed by atoms with Crippen LogP contribution in [0, 0.1) is 0 Å². The summed E-state index contributed by atoms with van der Waals surface area (Å²) < 4.78 is 9.93. The minimum absolute atomic E-state index is 0.0348. The fraction of sp³-hybridized carbons (Fsp3) is 0.429. The molecule has 6 nitrogen and oxygen atoms in total. The molecule has 0 spiro atoms. The SMILES string of the molecule is CCOC(=O)C(=O)c1cc(N2CCOCC2)ccc1O. The van der Waals surface area contributed by atoms with Gasteiger partial charge in [0, 0.05) is 18.8 Å². The molecule has 0 atom stereocenters. The van der Waals surface area contributed by atoms with E-state index in [9.17, 15) is 14.7 Å². The highest BCUT2D eigenvalue weighted by molar-refractivity contribution is 6.41. The maximum atomic E-state index is 11.9. The fourth-order valence-electron chi connectivity index (χ4n) is 2.03. The molecule has 0 aliphatic carbocycles. The summed E-state index contributed by atoms with van der Waals surface area (Å²) in [5.41, 5.74) is 0.742. The van der Waals surface area contributed by atoms with Crippen LogP contribution in [0.5, 0.6) is 5.75 Å². The first-order valence-corrected chi connectivity index (χ1v) is 6.50. The zero-order valence-corrected chi connectivity index (χ0v) is 11.3. The van der Waals surface area contributed by atoms with Crippen molar-refractivity contribution in [2.75, 3.05) is 37.8 Å². The molecule has 6 heteroatoms. The van der Waals surface area contributed by atoms with Crippen molar-refractivity contribution < 1.29 is 24.2 Å². The number of phenols is 1. The van der Waals surface area contributed by atoms with Gasteiger partial charge in [-0.1, -0.05) is 0 Å². The van der Waals surface area contributed by atoms with Crippen molar-refractivity contribution >= 4 is 17.4 Å². The molecule has 20 heavy (non-hydrogen) atoms. The van der Waals surface area contributed by atoms with Crippen LogP contribution in [-0.4, -0.2) is 49.8 Å². The van der Waals surface area contributed by atoms with Gasteiger partial charge in [-0.3, -0.25) is 4.79 Å².